The Kier molecular flexibility index (Phi) is 5.13. The fourth-order valence-electron chi connectivity index (χ4n) is 3.33. The molecule has 1 aliphatic rings. The first-order valence-corrected chi connectivity index (χ1v) is 9.48. The van der Waals surface area contributed by atoms with E-state index in [4.69, 9.17) is 23.2 Å². The van der Waals surface area contributed by atoms with Gasteiger partial charge >= 0.3 is 0 Å². The third kappa shape index (κ3) is 3.84. The van der Waals surface area contributed by atoms with Gasteiger partial charge < -0.3 is 15.2 Å². The van der Waals surface area contributed by atoms with Gasteiger partial charge in [0.05, 0.1) is 16.4 Å². The van der Waals surface area contributed by atoms with E-state index < -0.39 is 0 Å². The Hall–Kier alpha value is -2.38. The predicted octanol–water partition coefficient (Wildman–Crippen LogP) is 3.19. The van der Waals surface area contributed by atoms with Crippen LogP contribution in [0.15, 0.2) is 30.9 Å². The van der Waals surface area contributed by atoms with Crippen molar-refractivity contribution >= 4 is 46.1 Å². The van der Waals surface area contributed by atoms with Crippen molar-refractivity contribution in [1.82, 2.24) is 25.3 Å². The highest BCUT2D eigenvalue weighted by molar-refractivity contribution is 6.42. The monoisotopic (exact) mass is 404 g/mol. The van der Waals surface area contributed by atoms with Crippen LogP contribution >= 0.6 is 23.2 Å². The molecule has 0 unspecified atom stereocenters. The van der Waals surface area contributed by atoms with Crippen LogP contribution in [0.5, 0.6) is 0 Å². The maximum absolute atomic E-state index is 12.5. The van der Waals surface area contributed by atoms with Gasteiger partial charge in [-0.1, -0.05) is 29.3 Å². The Bertz CT molecular complexity index is 967. The number of hydrogen-bond donors (Lipinski definition) is 2. The number of H-pyrrole nitrogens is 1. The highest BCUT2D eigenvalue weighted by atomic mass is 35.5. The van der Waals surface area contributed by atoms with Crippen LogP contribution in [-0.2, 0) is 11.3 Å². The van der Waals surface area contributed by atoms with E-state index in [1.807, 2.05) is 6.07 Å². The van der Waals surface area contributed by atoms with Gasteiger partial charge in [-0.2, -0.15) is 0 Å². The van der Waals surface area contributed by atoms with E-state index in [-0.39, 0.29) is 11.8 Å². The highest BCUT2D eigenvalue weighted by Crippen LogP contribution is 2.26. The van der Waals surface area contributed by atoms with Crippen LogP contribution in [0, 0.1) is 5.92 Å². The molecule has 1 amide bonds. The molecule has 2 N–H and O–H groups in total. The zero-order chi connectivity index (χ0) is 18.8. The summed E-state index contributed by atoms with van der Waals surface area (Å²) in [6.45, 7) is 1.96. The number of nitrogens with one attached hydrogen (secondary N) is 2. The lowest BCUT2D eigenvalue weighted by atomic mass is 9.95. The Balaban J connectivity index is 1.34. The van der Waals surface area contributed by atoms with Crippen molar-refractivity contribution in [2.45, 2.75) is 19.4 Å². The average molecular weight is 405 g/mol. The molecule has 1 fully saturated rings. The van der Waals surface area contributed by atoms with Crippen molar-refractivity contribution in [2.24, 2.45) is 5.92 Å². The van der Waals surface area contributed by atoms with E-state index >= 15 is 0 Å². The molecule has 7 nitrogen and oxygen atoms in total. The first kappa shape index (κ1) is 18.0. The molecule has 0 radical (unpaired) electrons. The summed E-state index contributed by atoms with van der Waals surface area (Å²) in [5.74, 6) is 0.894. The summed E-state index contributed by atoms with van der Waals surface area (Å²) >= 11 is 11.9. The number of anilines is 1. The number of nitrogens with zero attached hydrogens (tertiary/aromatic N) is 4. The fraction of sp³-hybridized carbons (Fsp3) is 0.333. The van der Waals surface area contributed by atoms with E-state index in [9.17, 15) is 4.79 Å². The van der Waals surface area contributed by atoms with Gasteiger partial charge in [0, 0.05) is 25.6 Å². The van der Waals surface area contributed by atoms with Crippen LogP contribution in [0.2, 0.25) is 10.0 Å². The first-order chi connectivity index (χ1) is 13.1. The van der Waals surface area contributed by atoms with Crippen LogP contribution in [-0.4, -0.2) is 38.9 Å². The van der Waals surface area contributed by atoms with Gasteiger partial charge in [-0.05, 0) is 30.5 Å². The lowest BCUT2D eigenvalue weighted by Gasteiger charge is -2.32. The molecule has 1 aromatic carbocycles. The van der Waals surface area contributed by atoms with Gasteiger partial charge in [-0.25, -0.2) is 15.0 Å². The number of aromatic nitrogens is 4. The largest absolute Gasteiger partial charge is 0.355 e. The summed E-state index contributed by atoms with van der Waals surface area (Å²) < 4.78 is 0. The van der Waals surface area contributed by atoms with Crippen molar-refractivity contribution in [3.8, 4) is 0 Å². The molecule has 3 aromatic rings. The van der Waals surface area contributed by atoms with E-state index in [1.54, 1.807) is 18.5 Å². The smallest absolute Gasteiger partial charge is 0.223 e. The normalized spacial score (nSPS) is 15.3. The molecule has 3 heterocycles. The van der Waals surface area contributed by atoms with Crippen molar-refractivity contribution < 1.29 is 4.79 Å². The second kappa shape index (κ2) is 7.70. The molecular weight excluding hydrogens is 387 g/mol. The van der Waals surface area contributed by atoms with E-state index in [2.05, 4.69) is 30.2 Å². The van der Waals surface area contributed by atoms with Gasteiger partial charge in [0.2, 0.25) is 5.91 Å². The number of fused-ring (bicyclic) bond motifs is 1. The lowest BCUT2D eigenvalue weighted by molar-refractivity contribution is -0.125. The SMILES string of the molecule is O=C(NCc1ccc(Cl)c(Cl)c1)C1CCN(c2ncnc3nc[nH]c23)CC1. The summed E-state index contributed by atoms with van der Waals surface area (Å²) in [6.07, 6.45) is 4.68. The van der Waals surface area contributed by atoms with Crippen LogP contribution in [0.25, 0.3) is 11.2 Å². The molecule has 0 saturated carbocycles. The van der Waals surface area contributed by atoms with Crippen LogP contribution in [0.3, 0.4) is 0 Å². The third-order valence-electron chi connectivity index (χ3n) is 4.82. The Morgan fingerprint density at radius 2 is 2.00 bits per heavy atom. The van der Waals surface area contributed by atoms with Crippen molar-refractivity contribution in [1.29, 1.82) is 0 Å². The number of benzene rings is 1. The minimum atomic E-state index is -0.0110. The molecule has 4 rings (SSSR count). The summed E-state index contributed by atoms with van der Waals surface area (Å²) in [6, 6.07) is 5.38. The average Bonchev–Trinajstić information content (AvgIpc) is 3.18. The molecule has 27 heavy (non-hydrogen) atoms. The topological polar surface area (TPSA) is 86.8 Å². The molecule has 140 valence electrons. The van der Waals surface area contributed by atoms with Gasteiger partial charge in [-0.3, -0.25) is 4.79 Å². The van der Waals surface area contributed by atoms with Crippen molar-refractivity contribution in [3.63, 3.8) is 0 Å². The van der Waals surface area contributed by atoms with E-state index in [0.717, 1.165) is 42.8 Å². The zero-order valence-electron chi connectivity index (χ0n) is 14.5. The number of carbonyl (C=O) groups excluding carboxylic acids is 1. The zero-order valence-corrected chi connectivity index (χ0v) is 16.0. The van der Waals surface area contributed by atoms with Crippen LogP contribution in [0.4, 0.5) is 5.82 Å². The number of amides is 1. The number of aromatic amines is 1. The number of imidazole rings is 1. The summed E-state index contributed by atoms with van der Waals surface area (Å²) in [7, 11) is 0. The number of rotatable bonds is 4. The van der Waals surface area contributed by atoms with Gasteiger partial charge in [0.1, 0.15) is 11.8 Å². The molecule has 0 bridgehead atoms. The second-order valence-electron chi connectivity index (χ2n) is 6.53. The van der Waals surface area contributed by atoms with E-state index in [1.165, 1.54) is 6.33 Å². The standard InChI is InChI=1S/C18H18Cl2N6O/c19-13-2-1-11(7-14(13)20)8-21-18(27)12-3-5-26(6-4-12)17-15-16(23-9-22-15)24-10-25-17/h1-2,7,9-10,12H,3-6,8H2,(H,21,27)(H,22,23,24,25). The minimum Gasteiger partial charge on any atom is -0.355 e. The number of piperidine rings is 1. The highest BCUT2D eigenvalue weighted by Gasteiger charge is 2.26. The molecule has 1 aliphatic heterocycles. The first-order valence-electron chi connectivity index (χ1n) is 8.72. The van der Waals surface area contributed by atoms with Crippen molar-refractivity contribution in [3.05, 3.63) is 46.5 Å². The number of hydrogen-bond acceptors (Lipinski definition) is 5. The Morgan fingerprint density at radius 3 is 2.78 bits per heavy atom. The molecule has 0 atom stereocenters. The van der Waals surface area contributed by atoms with Crippen LogP contribution in [0.1, 0.15) is 18.4 Å². The van der Waals surface area contributed by atoms with Gasteiger partial charge in [-0.15, -0.1) is 0 Å². The molecule has 0 aliphatic carbocycles. The number of halogens is 2. The van der Waals surface area contributed by atoms with E-state index in [0.29, 0.717) is 22.2 Å². The predicted molar refractivity (Wildman–Crippen MR) is 105 cm³/mol. The van der Waals surface area contributed by atoms with Crippen molar-refractivity contribution in [2.75, 3.05) is 18.0 Å². The van der Waals surface area contributed by atoms with Crippen LogP contribution < -0.4 is 10.2 Å². The maximum Gasteiger partial charge on any atom is 0.223 e. The maximum atomic E-state index is 12.5. The minimum absolute atomic E-state index is 0.0110. The molecule has 0 spiro atoms. The second-order valence-corrected chi connectivity index (χ2v) is 7.34. The third-order valence-corrected chi connectivity index (χ3v) is 5.56. The summed E-state index contributed by atoms with van der Waals surface area (Å²) in [5, 5.41) is 4.00. The fourth-order valence-corrected chi connectivity index (χ4v) is 3.65. The Labute approximate surface area is 166 Å². The van der Waals surface area contributed by atoms with Gasteiger partial charge in [0.25, 0.3) is 0 Å². The molecule has 1 saturated heterocycles. The van der Waals surface area contributed by atoms with Gasteiger partial charge in [0.15, 0.2) is 11.5 Å². The number of carbonyl (C=O) groups is 1. The molecular formula is C18H18Cl2N6O. The molecule has 9 heteroatoms. The quantitative estimate of drug-likeness (QED) is 0.696. The Morgan fingerprint density at radius 1 is 1.19 bits per heavy atom. The molecule has 2 aromatic heterocycles. The summed E-state index contributed by atoms with van der Waals surface area (Å²) in [4.78, 5) is 30.5. The lowest BCUT2D eigenvalue weighted by Crippen LogP contribution is -2.40. The summed E-state index contributed by atoms with van der Waals surface area (Å²) in [5.41, 5.74) is 2.42.